The van der Waals surface area contributed by atoms with Gasteiger partial charge in [0.05, 0.1) is 5.56 Å². The van der Waals surface area contributed by atoms with Gasteiger partial charge in [-0.3, -0.25) is 0 Å². The van der Waals surface area contributed by atoms with E-state index in [1.54, 1.807) is 0 Å². The minimum atomic E-state index is -4.47. The Morgan fingerprint density at radius 2 is 1.42 bits per heavy atom. The summed E-state index contributed by atoms with van der Waals surface area (Å²) in [5.74, 6) is -0.120. The zero-order valence-corrected chi connectivity index (χ0v) is 15.7. The van der Waals surface area contributed by atoms with Crippen LogP contribution >= 0.6 is 69.6 Å². The smallest absolute Gasteiger partial charge is 0.325 e. The third-order valence-electron chi connectivity index (χ3n) is 2.79. The Hall–Kier alpha value is -0.110. The van der Waals surface area contributed by atoms with E-state index in [1.807, 2.05) is 0 Å². The first-order chi connectivity index (χ1) is 10.8. The molecule has 1 aromatic rings. The van der Waals surface area contributed by atoms with Crippen LogP contribution in [0.2, 0.25) is 0 Å². The first kappa shape index (κ1) is 20.2. The van der Waals surface area contributed by atoms with Gasteiger partial charge < -0.3 is 5.32 Å². The maximum absolute atomic E-state index is 12.6. The third kappa shape index (κ3) is 4.96. The Balaban J connectivity index is 2.40. The van der Waals surface area contributed by atoms with Crippen molar-refractivity contribution in [2.75, 3.05) is 0 Å². The summed E-state index contributed by atoms with van der Waals surface area (Å²) >= 11 is 34.6. The Bertz CT molecular complexity index is 673. The van der Waals surface area contributed by atoms with Gasteiger partial charge in [-0.1, -0.05) is 81.7 Å². The van der Waals surface area contributed by atoms with Crippen LogP contribution in [0.15, 0.2) is 34.3 Å². The molecule has 0 saturated carbocycles. The minimum Gasteiger partial charge on any atom is -0.325 e. The van der Waals surface area contributed by atoms with E-state index in [0.29, 0.717) is 0 Å². The molecular weight excluding hydrogens is 456 g/mol. The summed E-state index contributed by atoms with van der Waals surface area (Å²) in [5.41, 5.74) is -0.556. The van der Waals surface area contributed by atoms with Gasteiger partial charge in [-0.25, -0.2) is 9.98 Å². The van der Waals surface area contributed by atoms with Crippen LogP contribution in [-0.4, -0.2) is 25.4 Å². The molecule has 0 aliphatic carbocycles. The summed E-state index contributed by atoms with van der Waals surface area (Å²) in [6, 6.07) is 4.13. The lowest BCUT2D eigenvalue weighted by atomic mass is 10.1. The number of rotatable bonds is 1. The van der Waals surface area contributed by atoms with Crippen LogP contribution in [0.25, 0.3) is 0 Å². The summed E-state index contributed by atoms with van der Waals surface area (Å²) < 4.78 is 34.0. The van der Waals surface area contributed by atoms with Gasteiger partial charge in [0, 0.05) is 5.56 Å². The van der Waals surface area contributed by atoms with Gasteiger partial charge in [0.2, 0.25) is 7.59 Å². The first-order valence-corrected chi connectivity index (χ1v) is 8.29. The number of hydrogen-bond donors (Lipinski definition) is 1. The topological polar surface area (TPSA) is 36.8 Å². The zero-order chi connectivity index (χ0) is 18.3. The molecule has 0 amide bonds. The highest BCUT2D eigenvalue weighted by molar-refractivity contribution is 6.77. The number of alkyl halides is 9. The Labute approximate surface area is 164 Å². The highest BCUT2D eigenvalue weighted by atomic mass is 35.6. The quantitative estimate of drug-likeness (QED) is 0.549. The van der Waals surface area contributed by atoms with E-state index in [0.717, 1.165) is 12.1 Å². The van der Waals surface area contributed by atoms with E-state index in [4.69, 9.17) is 69.6 Å². The van der Waals surface area contributed by atoms with Gasteiger partial charge >= 0.3 is 6.18 Å². The van der Waals surface area contributed by atoms with E-state index < -0.39 is 25.5 Å². The van der Waals surface area contributed by atoms with E-state index in [2.05, 4.69) is 15.3 Å². The third-order valence-corrected chi connectivity index (χ3v) is 3.91. The average Bonchev–Trinajstić information content (AvgIpc) is 2.44. The number of aliphatic imine (C=N–C) groups is 2. The van der Waals surface area contributed by atoms with Crippen LogP contribution < -0.4 is 5.32 Å². The zero-order valence-electron chi connectivity index (χ0n) is 11.2. The summed E-state index contributed by atoms with van der Waals surface area (Å²) in [6.07, 6.45) is -5.71. The summed E-state index contributed by atoms with van der Waals surface area (Å²) in [4.78, 5) is 7.95. The second kappa shape index (κ2) is 6.89. The van der Waals surface area contributed by atoms with Crippen molar-refractivity contribution < 1.29 is 13.2 Å². The molecule has 1 aliphatic heterocycles. The number of nitrogens with one attached hydrogen (secondary N) is 1. The van der Waals surface area contributed by atoms with Crippen molar-refractivity contribution in [2.24, 2.45) is 9.98 Å². The SMILES string of the molecule is FC(F)(F)c1ccc(C2=NC(C(Cl)(Cl)Cl)N=C(C(Cl)(Cl)Cl)N2)cc1. The molecule has 0 saturated heterocycles. The molecule has 0 aromatic heterocycles. The maximum atomic E-state index is 12.6. The standard InChI is InChI=1S/C12H6Cl6F3N3/c13-10(14,15)8-22-7(23-9(24-8)11(16,17)18)5-1-3-6(4-2-5)12(19,20)21/h1-4,8H,(H,22,23,24). The number of amidine groups is 2. The summed E-state index contributed by atoms with van der Waals surface area (Å²) in [7, 11) is 0. The van der Waals surface area contributed by atoms with Crippen molar-refractivity contribution in [1.82, 2.24) is 5.32 Å². The second-order valence-corrected chi connectivity index (χ2v) is 9.22. The lowest BCUT2D eigenvalue weighted by Gasteiger charge is -2.28. The molecule has 1 unspecified atom stereocenters. The number of benzene rings is 1. The minimum absolute atomic E-state index is 0.0522. The molecule has 0 spiro atoms. The predicted molar refractivity (Wildman–Crippen MR) is 92.9 cm³/mol. The molecule has 0 radical (unpaired) electrons. The number of nitrogens with zero attached hydrogens (tertiary/aromatic N) is 2. The van der Waals surface area contributed by atoms with Crippen LogP contribution in [0.4, 0.5) is 13.2 Å². The molecule has 3 nitrogen and oxygen atoms in total. The van der Waals surface area contributed by atoms with Crippen molar-refractivity contribution in [3.63, 3.8) is 0 Å². The van der Waals surface area contributed by atoms with Gasteiger partial charge in [-0.2, -0.15) is 13.2 Å². The van der Waals surface area contributed by atoms with E-state index in [9.17, 15) is 13.2 Å². The Kier molecular flexibility index (Phi) is 5.80. The monoisotopic (exact) mass is 459 g/mol. The predicted octanol–water partition coefficient (Wildman–Crippen LogP) is 5.52. The molecule has 1 heterocycles. The van der Waals surface area contributed by atoms with E-state index in [1.165, 1.54) is 12.1 Å². The summed E-state index contributed by atoms with van der Waals surface area (Å²) in [5, 5.41) is 2.62. The highest BCUT2D eigenvalue weighted by Crippen LogP contribution is 2.37. The molecule has 132 valence electrons. The first-order valence-electron chi connectivity index (χ1n) is 6.02. The molecule has 0 bridgehead atoms. The number of hydrogen-bond acceptors (Lipinski definition) is 3. The normalized spacial score (nSPS) is 19.5. The van der Waals surface area contributed by atoms with Crippen LogP contribution in [-0.2, 0) is 6.18 Å². The van der Waals surface area contributed by atoms with Crippen molar-refractivity contribution >= 4 is 81.3 Å². The Morgan fingerprint density at radius 1 is 0.875 bits per heavy atom. The Morgan fingerprint density at radius 3 is 1.83 bits per heavy atom. The molecule has 0 fully saturated rings. The molecule has 1 atom stereocenters. The van der Waals surface area contributed by atoms with Gasteiger partial charge in [0.1, 0.15) is 5.84 Å². The van der Waals surface area contributed by atoms with Crippen molar-refractivity contribution in [2.45, 2.75) is 19.9 Å². The average molecular weight is 462 g/mol. The molecule has 24 heavy (non-hydrogen) atoms. The lowest BCUT2D eigenvalue weighted by molar-refractivity contribution is -0.137. The lowest BCUT2D eigenvalue weighted by Crippen LogP contribution is -2.46. The van der Waals surface area contributed by atoms with Crippen LogP contribution in [0, 0.1) is 0 Å². The van der Waals surface area contributed by atoms with Gasteiger partial charge in [-0.15, -0.1) is 0 Å². The van der Waals surface area contributed by atoms with Gasteiger partial charge in [-0.05, 0) is 12.1 Å². The van der Waals surface area contributed by atoms with E-state index in [-0.39, 0.29) is 17.2 Å². The van der Waals surface area contributed by atoms with Gasteiger partial charge in [0.15, 0.2) is 12.0 Å². The van der Waals surface area contributed by atoms with Crippen LogP contribution in [0.5, 0.6) is 0 Å². The van der Waals surface area contributed by atoms with Crippen LogP contribution in [0.1, 0.15) is 11.1 Å². The largest absolute Gasteiger partial charge is 0.416 e. The second-order valence-electron chi connectivity index (χ2n) is 4.57. The maximum Gasteiger partial charge on any atom is 0.416 e. The van der Waals surface area contributed by atoms with Crippen molar-refractivity contribution in [3.8, 4) is 0 Å². The molecule has 1 aliphatic rings. The van der Waals surface area contributed by atoms with Crippen molar-refractivity contribution in [3.05, 3.63) is 35.4 Å². The van der Waals surface area contributed by atoms with Gasteiger partial charge in [0.25, 0.3) is 0 Å². The fraction of sp³-hybridized carbons (Fsp3) is 0.333. The molecular formula is C12H6Cl6F3N3. The summed E-state index contributed by atoms with van der Waals surface area (Å²) in [6.45, 7) is 0. The molecule has 1 N–H and O–H groups in total. The number of halogens is 9. The highest BCUT2D eigenvalue weighted by Gasteiger charge is 2.40. The molecule has 12 heteroatoms. The van der Waals surface area contributed by atoms with Crippen LogP contribution in [0.3, 0.4) is 0 Å². The van der Waals surface area contributed by atoms with E-state index >= 15 is 0 Å². The molecule has 2 rings (SSSR count). The fourth-order valence-electron chi connectivity index (χ4n) is 1.70. The molecule has 1 aromatic carbocycles. The fourth-order valence-corrected chi connectivity index (χ4v) is 2.29. The van der Waals surface area contributed by atoms with Crippen molar-refractivity contribution in [1.29, 1.82) is 0 Å².